The topological polar surface area (TPSA) is 91.8 Å². The molecule has 1 aromatic carbocycles. The fourth-order valence-corrected chi connectivity index (χ4v) is 3.15. The molecule has 1 aliphatic heterocycles. The van der Waals surface area contributed by atoms with Crippen LogP contribution in [0.1, 0.15) is 17.5 Å². The van der Waals surface area contributed by atoms with E-state index in [4.69, 9.17) is 0 Å². The normalized spacial score (nSPS) is 20.2. The second-order valence-electron chi connectivity index (χ2n) is 5.39. The van der Waals surface area contributed by atoms with Crippen molar-refractivity contribution in [2.45, 2.75) is 31.1 Å². The predicted octanol–water partition coefficient (Wildman–Crippen LogP) is 0.891. The average Bonchev–Trinajstić information content (AvgIpc) is 2.79. The third kappa shape index (κ3) is 3.62. The standard InChI is InChI=1S/C14H16FNO5S/c1-9-2-4-10(5-3-9)6-12(14(18)19)16-8-11(7-13(16)17)22(15,20)21/h2-5,11-12H,6-8H2,1H3,(H,18,19)/t11?,12-/m0/s1. The number of carbonyl (C=O) groups excluding carboxylic acids is 1. The van der Waals surface area contributed by atoms with Crippen molar-refractivity contribution in [2.24, 2.45) is 0 Å². The first kappa shape index (κ1) is 16.4. The molecule has 1 saturated heterocycles. The van der Waals surface area contributed by atoms with E-state index in [0.29, 0.717) is 5.56 Å². The molecule has 0 spiro atoms. The van der Waals surface area contributed by atoms with Crippen molar-refractivity contribution in [1.29, 1.82) is 0 Å². The summed E-state index contributed by atoms with van der Waals surface area (Å²) in [5, 5.41) is 7.83. The molecular formula is C14H16FNO5S. The number of carboxylic acid groups (broad SMARTS) is 1. The molecule has 1 fully saturated rings. The number of nitrogens with zero attached hydrogens (tertiary/aromatic N) is 1. The number of hydrogen-bond acceptors (Lipinski definition) is 4. The molecule has 1 heterocycles. The fourth-order valence-electron chi connectivity index (χ4n) is 2.47. The molecule has 1 aromatic rings. The van der Waals surface area contributed by atoms with Crippen LogP contribution in [0.15, 0.2) is 24.3 Å². The van der Waals surface area contributed by atoms with Crippen LogP contribution in [0.4, 0.5) is 3.89 Å². The zero-order valence-electron chi connectivity index (χ0n) is 11.9. The molecule has 6 nitrogen and oxygen atoms in total. The lowest BCUT2D eigenvalue weighted by atomic mass is 10.0. The Bertz CT molecular complexity index is 686. The maximum absolute atomic E-state index is 13.0. The molecule has 0 radical (unpaired) electrons. The Labute approximate surface area is 127 Å². The summed E-state index contributed by atoms with van der Waals surface area (Å²) in [4.78, 5) is 24.2. The molecule has 2 atom stereocenters. The van der Waals surface area contributed by atoms with Crippen LogP contribution in [0.5, 0.6) is 0 Å². The number of benzene rings is 1. The molecule has 8 heteroatoms. The van der Waals surface area contributed by atoms with E-state index < -0.39 is 46.4 Å². The van der Waals surface area contributed by atoms with E-state index in [2.05, 4.69) is 0 Å². The van der Waals surface area contributed by atoms with E-state index >= 15 is 0 Å². The predicted molar refractivity (Wildman–Crippen MR) is 76.5 cm³/mol. The first-order valence-corrected chi connectivity index (χ1v) is 8.14. The Morgan fingerprint density at radius 2 is 2.00 bits per heavy atom. The van der Waals surface area contributed by atoms with Gasteiger partial charge >= 0.3 is 16.2 Å². The molecular weight excluding hydrogens is 313 g/mol. The van der Waals surface area contributed by atoms with E-state index in [1.807, 2.05) is 19.1 Å². The minimum Gasteiger partial charge on any atom is -0.480 e. The summed E-state index contributed by atoms with van der Waals surface area (Å²) in [5.74, 6) is -1.91. The van der Waals surface area contributed by atoms with Crippen molar-refractivity contribution in [1.82, 2.24) is 4.90 Å². The summed E-state index contributed by atoms with van der Waals surface area (Å²) in [6, 6.07) is 5.91. The Balaban J connectivity index is 2.20. The van der Waals surface area contributed by atoms with Gasteiger partial charge in [0.25, 0.3) is 0 Å². The van der Waals surface area contributed by atoms with Crippen LogP contribution in [0.3, 0.4) is 0 Å². The van der Waals surface area contributed by atoms with E-state index in [1.165, 1.54) is 0 Å². The van der Waals surface area contributed by atoms with Crippen LogP contribution >= 0.6 is 0 Å². The van der Waals surface area contributed by atoms with Crippen LogP contribution in [0, 0.1) is 6.92 Å². The van der Waals surface area contributed by atoms with Crippen LogP contribution in [-0.4, -0.2) is 48.1 Å². The lowest BCUT2D eigenvalue weighted by molar-refractivity contribution is -0.148. The summed E-state index contributed by atoms with van der Waals surface area (Å²) in [5.41, 5.74) is 1.72. The largest absolute Gasteiger partial charge is 0.480 e. The van der Waals surface area contributed by atoms with Gasteiger partial charge in [-0.25, -0.2) is 4.79 Å². The third-order valence-electron chi connectivity index (χ3n) is 3.73. The molecule has 1 aliphatic rings. The van der Waals surface area contributed by atoms with Gasteiger partial charge in [-0.05, 0) is 12.5 Å². The number of aliphatic carboxylic acids is 1. The number of carboxylic acids is 1. The van der Waals surface area contributed by atoms with Crippen LogP contribution in [0.25, 0.3) is 0 Å². The summed E-state index contributed by atoms with van der Waals surface area (Å²) < 4.78 is 34.9. The van der Waals surface area contributed by atoms with Crippen LogP contribution < -0.4 is 0 Å². The van der Waals surface area contributed by atoms with Gasteiger partial charge in [0.1, 0.15) is 11.3 Å². The van der Waals surface area contributed by atoms with Gasteiger partial charge in [0.2, 0.25) is 5.91 Å². The van der Waals surface area contributed by atoms with Crippen molar-refractivity contribution in [3.63, 3.8) is 0 Å². The minimum atomic E-state index is -4.86. The lowest BCUT2D eigenvalue weighted by Crippen LogP contribution is -2.44. The number of carbonyl (C=O) groups is 2. The highest BCUT2D eigenvalue weighted by molar-refractivity contribution is 7.87. The summed E-state index contributed by atoms with van der Waals surface area (Å²) in [6.07, 6.45) is -0.475. The van der Waals surface area contributed by atoms with Crippen LogP contribution in [-0.2, 0) is 26.2 Å². The van der Waals surface area contributed by atoms with Gasteiger partial charge in [-0.15, -0.1) is 3.89 Å². The fraction of sp³-hybridized carbons (Fsp3) is 0.429. The Morgan fingerprint density at radius 3 is 2.45 bits per heavy atom. The zero-order chi connectivity index (χ0) is 16.5. The van der Waals surface area contributed by atoms with Crippen molar-refractivity contribution in [3.8, 4) is 0 Å². The van der Waals surface area contributed by atoms with E-state index in [-0.39, 0.29) is 6.42 Å². The Morgan fingerprint density at radius 1 is 1.41 bits per heavy atom. The molecule has 1 N–H and O–H groups in total. The number of hydrogen-bond donors (Lipinski definition) is 1. The molecule has 120 valence electrons. The van der Waals surface area contributed by atoms with Gasteiger partial charge in [0, 0.05) is 19.4 Å². The van der Waals surface area contributed by atoms with Gasteiger partial charge in [-0.2, -0.15) is 8.42 Å². The third-order valence-corrected chi connectivity index (χ3v) is 4.84. The number of rotatable bonds is 5. The quantitative estimate of drug-likeness (QED) is 0.810. The van der Waals surface area contributed by atoms with Crippen molar-refractivity contribution >= 4 is 22.1 Å². The molecule has 1 unspecified atom stereocenters. The van der Waals surface area contributed by atoms with E-state index in [9.17, 15) is 27.0 Å². The van der Waals surface area contributed by atoms with E-state index in [0.717, 1.165) is 10.5 Å². The van der Waals surface area contributed by atoms with Gasteiger partial charge in [-0.1, -0.05) is 29.8 Å². The van der Waals surface area contributed by atoms with Crippen LogP contribution in [0.2, 0.25) is 0 Å². The maximum atomic E-state index is 13.0. The molecule has 0 aromatic heterocycles. The van der Waals surface area contributed by atoms with E-state index in [1.54, 1.807) is 12.1 Å². The SMILES string of the molecule is Cc1ccc(C[C@@H](C(=O)O)N2CC(S(=O)(=O)F)CC2=O)cc1. The molecule has 2 rings (SSSR count). The molecule has 0 aliphatic carbocycles. The average molecular weight is 329 g/mol. The number of amides is 1. The number of aryl methyl sites for hydroxylation is 1. The molecule has 1 amide bonds. The molecule has 0 saturated carbocycles. The highest BCUT2D eigenvalue weighted by Crippen LogP contribution is 2.23. The number of halogens is 1. The zero-order valence-corrected chi connectivity index (χ0v) is 12.7. The summed E-state index contributed by atoms with van der Waals surface area (Å²) in [7, 11) is -4.86. The Kier molecular flexibility index (Phi) is 4.50. The minimum absolute atomic E-state index is 0.0421. The van der Waals surface area contributed by atoms with Gasteiger partial charge in [-0.3, -0.25) is 4.79 Å². The van der Waals surface area contributed by atoms with Crippen molar-refractivity contribution in [3.05, 3.63) is 35.4 Å². The molecule has 22 heavy (non-hydrogen) atoms. The first-order valence-electron chi connectivity index (χ1n) is 6.70. The molecule has 0 bridgehead atoms. The van der Waals surface area contributed by atoms with Gasteiger partial charge in [0.15, 0.2) is 0 Å². The highest BCUT2D eigenvalue weighted by Gasteiger charge is 2.43. The highest BCUT2D eigenvalue weighted by atomic mass is 32.3. The summed E-state index contributed by atoms with van der Waals surface area (Å²) >= 11 is 0. The monoisotopic (exact) mass is 329 g/mol. The second kappa shape index (κ2) is 6.04. The van der Waals surface area contributed by atoms with Crippen molar-refractivity contribution in [2.75, 3.05) is 6.54 Å². The smallest absolute Gasteiger partial charge is 0.326 e. The maximum Gasteiger partial charge on any atom is 0.326 e. The number of likely N-dealkylation sites (tertiary alicyclic amines) is 1. The summed E-state index contributed by atoms with van der Waals surface area (Å²) in [6.45, 7) is 1.46. The van der Waals surface area contributed by atoms with Gasteiger partial charge in [0.05, 0.1) is 0 Å². The second-order valence-corrected chi connectivity index (χ2v) is 7.01. The van der Waals surface area contributed by atoms with Gasteiger partial charge < -0.3 is 10.0 Å². The lowest BCUT2D eigenvalue weighted by Gasteiger charge is -2.24. The Hall–Kier alpha value is -1.96. The van der Waals surface area contributed by atoms with Crippen molar-refractivity contribution < 1.29 is 27.0 Å². The first-order chi connectivity index (χ1) is 10.2.